The monoisotopic (exact) mass is 371 g/mol. The number of hydrogen-bond donors (Lipinski definition) is 2. The van der Waals surface area contributed by atoms with Gasteiger partial charge in [-0.15, -0.1) is 0 Å². The number of nitrogens with zero attached hydrogens (tertiary/aromatic N) is 1. The lowest BCUT2D eigenvalue weighted by Crippen LogP contribution is -2.34. The smallest absolute Gasteiger partial charge is 0.257 e. The van der Waals surface area contributed by atoms with Crippen LogP contribution in [0, 0.1) is 11.3 Å². The molecule has 0 radical (unpaired) electrons. The molecule has 2 rings (SSSR count). The van der Waals surface area contributed by atoms with Crippen LogP contribution in [0.2, 0.25) is 0 Å². The van der Waals surface area contributed by atoms with Gasteiger partial charge in [0.2, 0.25) is 5.75 Å². The van der Waals surface area contributed by atoms with Crippen LogP contribution in [0.1, 0.15) is 15.9 Å². The highest BCUT2D eigenvalue weighted by molar-refractivity contribution is 7.80. The third-order valence-electron chi connectivity index (χ3n) is 3.45. The second kappa shape index (κ2) is 8.69. The summed E-state index contributed by atoms with van der Waals surface area (Å²) in [6, 6.07) is 11.9. The summed E-state index contributed by atoms with van der Waals surface area (Å²) in [5.41, 5.74) is 1.19. The Kier molecular flexibility index (Phi) is 6.36. The predicted molar refractivity (Wildman–Crippen MR) is 101 cm³/mol. The van der Waals surface area contributed by atoms with E-state index in [9.17, 15) is 4.79 Å². The van der Waals surface area contributed by atoms with Crippen LogP contribution in [0.15, 0.2) is 36.4 Å². The Morgan fingerprint density at radius 3 is 2.23 bits per heavy atom. The van der Waals surface area contributed by atoms with Crippen molar-refractivity contribution < 1.29 is 19.0 Å². The zero-order valence-corrected chi connectivity index (χ0v) is 15.3. The van der Waals surface area contributed by atoms with Crippen molar-refractivity contribution in [2.24, 2.45) is 0 Å². The van der Waals surface area contributed by atoms with E-state index in [2.05, 4.69) is 10.6 Å². The average molecular weight is 371 g/mol. The van der Waals surface area contributed by atoms with E-state index in [0.717, 1.165) is 0 Å². The van der Waals surface area contributed by atoms with Gasteiger partial charge >= 0.3 is 0 Å². The standard InChI is InChI=1S/C18H17N3O4S/c1-23-14-8-12(9-15(24-2)16(14)25-3)17(22)21-18(26)20-13-7-5-4-6-11(13)10-19/h4-9H,1-3H3,(H2,20,21,22,26). The quantitative estimate of drug-likeness (QED) is 0.781. The van der Waals surface area contributed by atoms with Crippen LogP contribution in [0.5, 0.6) is 17.2 Å². The fraction of sp³-hybridized carbons (Fsp3) is 0.167. The molecule has 0 atom stereocenters. The highest BCUT2D eigenvalue weighted by Gasteiger charge is 2.17. The number of nitrogens with one attached hydrogen (secondary N) is 2. The van der Waals surface area contributed by atoms with E-state index in [4.69, 9.17) is 31.7 Å². The number of carbonyl (C=O) groups is 1. The van der Waals surface area contributed by atoms with Crippen molar-refractivity contribution in [1.82, 2.24) is 5.32 Å². The first-order valence-electron chi connectivity index (χ1n) is 7.45. The van der Waals surface area contributed by atoms with Crippen molar-refractivity contribution in [2.45, 2.75) is 0 Å². The number of thiocarbonyl (C=S) groups is 1. The molecule has 0 saturated carbocycles. The SMILES string of the molecule is COc1cc(C(=O)NC(=S)Nc2ccccc2C#N)cc(OC)c1OC. The van der Waals surface area contributed by atoms with E-state index in [-0.39, 0.29) is 10.7 Å². The molecule has 2 aromatic rings. The molecule has 8 heteroatoms. The van der Waals surface area contributed by atoms with Crippen LogP contribution >= 0.6 is 12.2 Å². The first-order chi connectivity index (χ1) is 12.5. The van der Waals surface area contributed by atoms with Gasteiger partial charge < -0.3 is 19.5 Å². The maximum atomic E-state index is 12.5. The van der Waals surface area contributed by atoms with Gasteiger partial charge in [0.05, 0.1) is 32.6 Å². The van der Waals surface area contributed by atoms with Crippen LogP contribution in [0.3, 0.4) is 0 Å². The van der Waals surface area contributed by atoms with Gasteiger partial charge in [-0.05, 0) is 36.5 Å². The zero-order chi connectivity index (χ0) is 19.1. The Labute approximate surface area is 156 Å². The van der Waals surface area contributed by atoms with E-state index in [1.807, 2.05) is 6.07 Å². The maximum Gasteiger partial charge on any atom is 0.257 e. The predicted octanol–water partition coefficient (Wildman–Crippen LogP) is 2.71. The van der Waals surface area contributed by atoms with Crippen LogP contribution in [0.4, 0.5) is 5.69 Å². The minimum absolute atomic E-state index is 0.0615. The second-order valence-corrected chi connectivity index (χ2v) is 5.39. The Balaban J connectivity index is 2.19. The lowest BCUT2D eigenvalue weighted by Gasteiger charge is -2.15. The van der Waals surface area contributed by atoms with Gasteiger partial charge in [-0.3, -0.25) is 10.1 Å². The second-order valence-electron chi connectivity index (χ2n) is 4.98. The third kappa shape index (κ3) is 4.20. The van der Waals surface area contributed by atoms with Gasteiger partial charge in [-0.25, -0.2) is 0 Å². The van der Waals surface area contributed by atoms with Gasteiger partial charge in [-0.2, -0.15) is 5.26 Å². The first-order valence-corrected chi connectivity index (χ1v) is 7.86. The number of ether oxygens (including phenoxy) is 3. The number of anilines is 1. The Hall–Kier alpha value is -3.31. The van der Waals surface area contributed by atoms with E-state index in [1.54, 1.807) is 24.3 Å². The van der Waals surface area contributed by atoms with Gasteiger partial charge in [0.15, 0.2) is 16.6 Å². The molecule has 26 heavy (non-hydrogen) atoms. The van der Waals surface area contributed by atoms with Crippen molar-refractivity contribution in [3.05, 3.63) is 47.5 Å². The molecule has 0 bridgehead atoms. The fourth-order valence-corrected chi connectivity index (χ4v) is 2.43. The number of hydrogen-bond acceptors (Lipinski definition) is 6. The molecule has 0 aliphatic rings. The van der Waals surface area contributed by atoms with Crippen molar-refractivity contribution in [2.75, 3.05) is 26.6 Å². The van der Waals surface area contributed by atoms with Crippen molar-refractivity contribution in [3.63, 3.8) is 0 Å². The topological polar surface area (TPSA) is 92.6 Å². The van der Waals surface area contributed by atoms with E-state index in [0.29, 0.717) is 28.5 Å². The summed E-state index contributed by atoms with van der Waals surface area (Å²) >= 11 is 5.15. The molecular weight excluding hydrogens is 354 g/mol. The molecule has 134 valence electrons. The summed E-state index contributed by atoms with van der Waals surface area (Å²) in [7, 11) is 4.40. The number of rotatable bonds is 5. The van der Waals surface area contributed by atoms with Gasteiger partial charge in [0.1, 0.15) is 6.07 Å². The Morgan fingerprint density at radius 2 is 1.69 bits per heavy atom. The maximum absolute atomic E-state index is 12.5. The minimum Gasteiger partial charge on any atom is -0.493 e. The molecule has 0 aliphatic heterocycles. The molecule has 0 saturated heterocycles. The largest absolute Gasteiger partial charge is 0.493 e. The highest BCUT2D eigenvalue weighted by atomic mass is 32.1. The van der Waals surface area contributed by atoms with Gasteiger partial charge in [0.25, 0.3) is 5.91 Å². The zero-order valence-electron chi connectivity index (χ0n) is 14.5. The normalized spacial score (nSPS) is 9.62. The van der Waals surface area contributed by atoms with Crippen molar-refractivity contribution >= 4 is 28.9 Å². The number of carbonyl (C=O) groups excluding carboxylic acids is 1. The molecule has 0 aromatic heterocycles. The summed E-state index contributed by atoms with van der Waals surface area (Å²) in [5, 5.41) is 14.5. The molecule has 0 heterocycles. The number of amides is 1. The summed E-state index contributed by atoms with van der Waals surface area (Å²) in [5.74, 6) is 0.628. The van der Waals surface area contributed by atoms with Crippen LogP contribution in [-0.4, -0.2) is 32.3 Å². The fourth-order valence-electron chi connectivity index (χ4n) is 2.23. The first kappa shape index (κ1) is 19.0. The Morgan fingerprint density at radius 1 is 1.08 bits per heavy atom. The average Bonchev–Trinajstić information content (AvgIpc) is 2.66. The molecule has 0 aliphatic carbocycles. The third-order valence-corrected chi connectivity index (χ3v) is 3.65. The van der Waals surface area contributed by atoms with E-state index in [1.165, 1.54) is 33.5 Å². The van der Waals surface area contributed by atoms with Crippen LogP contribution < -0.4 is 24.8 Å². The van der Waals surface area contributed by atoms with Crippen molar-refractivity contribution in [3.8, 4) is 23.3 Å². The lowest BCUT2D eigenvalue weighted by atomic mass is 10.1. The molecule has 0 spiro atoms. The number of benzene rings is 2. The van der Waals surface area contributed by atoms with Gasteiger partial charge in [0, 0.05) is 5.56 Å². The molecule has 0 unspecified atom stereocenters. The minimum atomic E-state index is -0.462. The summed E-state index contributed by atoms with van der Waals surface area (Å²) < 4.78 is 15.7. The molecule has 1 amide bonds. The number of methoxy groups -OCH3 is 3. The van der Waals surface area contributed by atoms with Crippen LogP contribution in [0.25, 0.3) is 0 Å². The number of para-hydroxylation sites is 1. The lowest BCUT2D eigenvalue weighted by molar-refractivity contribution is 0.0977. The van der Waals surface area contributed by atoms with E-state index < -0.39 is 5.91 Å². The van der Waals surface area contributed by atoms with Crippen molar-refractivity contribution in [1.29, 1.82) is 5.26 Å². The summed E-state index contributed by atoms with van der Waals surface area (Å²) in [4.78, 5) is 12.5. The molecule has 0 fully saturated rings. The molecular formula is C18H17N3O4S. The molecule has 2 N–H and O–H groups in total. The summed E-state index contributed by atoms with van der Waals surface area (Å²) in [6.07, 6.45) is 0. The molecule has 2 aromatic carbocycles. The molecule has 7 nitrogen and oxygen atoms in total. The number of nitriles is 1. The van der Waals surface area contributed by atoms with Gasteiger partial charge in [-0.1, -0.05) is 12.1 Å². The van der Waals surface area contributed by atoms with E-state index >= 15 is 0 Å². The summed E-state index contributed by atoms with van der Waals surface area (Å²) in [6.45, 7) is 0. The highest BCUT2D eigenvalue weighted by Crippen LogP contribution is 2.38. The Bertz CT molecular complexity index is 852. The van der Waals surface area contributed by atoms with Crippen LogP contribution in [-0.2, 0) is 0 Å².